The van der Waals surface area contributed by atoms with Crippen molar-refractivity contribution in [2.45, 2.75) is 13.8 Å². The van der Waals surface area contributed by atoms with Crippen molar-refractivity contribution >= 4 is 5.78 Å². The predicted octanol–water partition coefficient (Wildman–Crippen LogP) is 1.90. The van der Waals surface area contributed by atoms with E-state index in [1.165, 1.54) is 12.7 Å². The van der Waals surface area contributed by atoms with Gasteiger partial charge < -0.3 is 9.47 Å². The van der Waals surface area contributed by atoms with Crippen LogP contribution in [0.25, 0.3) is 0 Å². The summed E-state index contributed by atoms with van der Waals surface area (Å²) in [6.07, 6.45) is 0. The Morgan fingerprint density at radius 3 is 2.60 bits per heavy atom. The fourth-order valence-corrected chi connectivity index (χ4v) is 1.32. The number of ketones is 1. The standard InChI is InChI=1S/C12H16O3/c1-9-4-5-12(10(2)6-9)15-8-11(13)7-14-3/h4-6H,7-8H2,1-3H3. The molecule has 1 aromatic carbocycles. The van der Waals surface area contributed by atoms with Crippen molar-refractivity contribution in [2.75, 3.05) is 20.3 Å². The average molecular weight is 208 g/mol. The van der Waals surface area contributed by atoms with Gasteiger partial charge >= 0.3 is 0 Å². The third kappa shape index (κ3) is 3.72. The number of carbonyl (C=O) groups is 1. The molecule has 0 radical (unpaired) electrons. The normalized spacial score (nSPS) is 10.1. The van der Waals surface area contributed by atoms with Crippen molar-refractivity contribution in [3.05, 3.63) is 29.3 Å². The third-order valence-electron chi connectivity index (χ3n) is 2.02. The van der Waals surface area contributed by atoms with Crippen molar-refractivity contribution in [1.29, 1.82) is 0 Å². The number of ether oxygens (including phenoxy) is 2. The summed E-state index contributed by atoms with van der Waals surface area (Å²) < 4.78 is 10.1. The van der Waals surface area contributed by atoms with Gasteiger partial charge in [0, 0.05) is 7.11 Å². The molecule has 1 rings (SSSR count). The first-order valence-electron chi connectivity index (χ1n) is 4.84. The maximum Gasteiger partial charge on any atom is 0.195 e. The molecule has 0 amide bonds. The van der Waals surface area contributed by atoms with Gasteiger partial charge in [0.05, 0.1) is 0 Å². The van der Waals surface area contributed by atoms with Crippen LogP contribution < -0.4 is 4.74 Å². The Hall–Kier alpha value is -1.35. The zero-order chi connectivity index (χ0) is 11.3. The lowest BCUT2D eigenvalue weighted by Crippen LogP contribution is -2.16. The van der Waals surface area contributed by atoms with E-state index in [1.54, 1.807) is 0 Å². The Balaban J connectivity index is 2.54. The lowest BCUT2D eigenvalue weighted by atomic mass is 10.1. The Bertz CT molecular complexity index is 345. The van der Waals surface area contributed by atoms with Crippen LogP contribution in [0.5, 0.6) is 5.75 Å². The summed E-state index contributed by atoms with van der Waals surface area (Å²) in [6, 6.07) is 5.87. The SMILES string of the molecule is COCC(=O)COc1ccc(C)cc1C. The van der Waals surface area contributed by atoms with Gasteiger partial charge in [0.25, 0.3) is 0 Å². The number of hydrogen-bond donors (Lipinski definition) is 0. The van der Waals surface area contributed by atoms with Crippen LogP contribution in [0.2, 0.25) is 0 Å². The molecule has 0 heterocycles. The van der Waals surface area contributed by atoms with E-state index in [9.17, 15) is 4.79 Å². The number of aryl methyl sites for hydroxylation is 2. The lowest BCUT2D eigenvalue weighted by Gasteiger charge is -2.08. The number of rotatable bonds is 5. The Kier molecular flexibility index (Phi) is 4.31. The molecule has 0 saturated heterocycles. The largest absolute Gasteiger partial charge is 0.485 e. The summed E-state index contributed by atoms with van der Waals surface area (Å²) in [4.78, 5) is 11.1. The first-order valence-corrected chi connectivity index (χ1v) is 4.84. The second-order valence-electron chi connectivity index (χ2n) is 3.53. The van der Waals surface area contributed by atoms with Crippen LogP contribution >= 0.6 is 0 Å². The maximum atomic E-state index is 11.1. The number of Topliss-reactive ketones (excluding diaryl/α,β-unsaturated/α-hetero) is 1. The molecule has 15 heavy (non-hydrogen) atoms. The molecule has 0 fully saturated rings. The van der Waals surface area contributed by atoms with E-state index in [2.05, 4.69) is 0 Å². The third-order valence-corrected chi connectivity index (χ3v) is 2.02. The van der Waals surface area contributed by atoms with E-state index in [0.717, 1.165) is 11.3 Å². The van der Waals surface area contributed by atoms with Crippen molar-refractivity contribution in [3.8, 4) is 5.75 Å². The molecule has 0 aliphatic heterocycles. The van der Waals surface area contributed by atoms with Gasteiger partial charge in [-0.1, -0.05) is 17.7 Å². The molecule has 0 bridgehead atoms. The minimum atomic E-state index is -0.0579. The van der Waals surface area contributed by atoms with Gasteiger partial charge in [-0.3, -0.25) is 4.79 Å². The molecular formula is C12H16O3. The van der Waals surface area contributed by atoms with Gasteiger partial charge in [0.2, 0.25) is 0 Å². The highest BCUT2D eigenvalue weighted by molar-refractivity contribution is 5.81. The second kappa shape index (κ2) is 5.51. The smallest absolute Gasteiger partial charge is 0.195 e. The van der Waals surface area contributed by atoms with Gasteiger partial charge in [0.1, 0.15) is 19.0 Å². The molecule has 0 aliphatic carbocycles. The first kappa shape index (κ1) is 11.7. The summed E-state index contributed by atoms with van der Waals surface area (Å²) in [5, 5.41) is 0. The van der Waals surface area contributed by atoms with E-state index in [0.29, 0.717) is 0 Å². The quantitative estimate of drug-likeness (QED) is 0.741. The Labute approximate surface area is 90.0 Å². The van der Waals surface area contributed by atoms with Gasteiger partial charge in [-0.2, -0.15) is 0 Å². The molecule has 1 aromatic rings. The highest BCUT2D eigenvalue weighted by Crippen LogP contribution is 2.18. The minimum absolute atomic E-state index is 0.0579. The molecule has 0 spiro atoms. The molecule has 82 valence electrons. The lowest BCUT2D eigenvalue weighted by molar-refractivity contribution is -0.124. The molecule has 0 N–H and O–H groups in total. The summed E-state index contributed by atoms with van der Waals surface area (Å²) in [5.74, 6) is 0.697. The monoisotopic (exact) mass is 208 g/mol. The fraction of sp³-hybridized carbons (Fsp3) is 0.417. The maximum absolute atomic E-state index is 11.1. The van der Waals surface area contributed by atoms with Crippen LogP contribution in [0.4, 0.5) is 0 Å². The first-order chi connectivity index (χ1) is 7.13. The summed E-state index contributed by atoms with van der Waals surface area (Å²) >= 11 is 0. The molecule has 0 unspecified atom stereocenters. The zero-order valence-electron chi connectivity index (χ0n) is 9.37. The molecule has 3 heteroatoms. The van der Waals surface area contributed by atoms with Crippen LogP contribution in [0, 0.1) is 13.8 Å². The number of hydrogen-bond acceptors (Lipinski definition) is 3. The van der Waals surface area contributed by atoms with Crippen molar-refractivity contribution in [3.63, 3.8) is 0 Å². The van der Waals surface area contributed by atoms with E-state index < -0.39 is 0 Å². The fourth-order valence-electron chi connectivity index (χ4n) is 1.32. The van der Waals surface area contributed by atoms with E-state index in [-0.39, 0.29) is 19.0 Å². The highest BCUT2D eigenvalue weighted by atomic mass is 16.5. The number of carbonyl (C=O) groups excluding carboxylic acids is 1. The molecular weight excluding hydrogens is 192 g/mol. The minimum Gasteiger partial charge on any atom is -0.485 e. The molecule has 0 aliphatic rings. The Morgan fingerprint density at radius 2 is 2.00 bits per heavy atom. The molecule has 0 atom stereocenters. The number of methoxy groups -OCH3 is 1. The van der Waals surface area contributed by atoms with Crippen molar-refractivity contribution in [1.82, 2.24) is 0 Å². The van der Waals surface area contributed by atoms with Gasteiger partial charge in [0.15, 0.2) is 5.78 Å². The van der Waals surface area contributed by atoms with Crippen LogP contribution in [-0.2, 0) is 9.53 Å². The van der Waals surface area contributed by atoms with E-state index in [1.807, 2.05) is 32.0 Å². The summed E-state index contributed by atoms with van der Waals surface area (Å²) in [7, 11) is 1.50. The average Bonchev–Trinajstić information content (AvgIpc) is 2.17. The molecule has 3 nitrogen and oxygen atoms in total. The summed E-state index contributed by atoms with van der Waals surface area (Å²) in [6.45, 7) is 4.15. The van der Waals surface area contributed by atoms with Crippen LogP contribution in [-0.4, -0.2) is 26.1 Å². The van der Waals surface area contributed by atoms with Gasteiger partial charge in [-0.15, -0.1) is 0 Å². The molecule has 0 saturated carbocycles. The number of benzene rings is 1. The predicted molar refractivity (Wildman–Crippen MR) is 58.3 cm³/mol. The van der Waals surface area contributed by atoms with Crippen LogP contribution in [0.3, 0.4) is 0 Å². The van der Waals surface area contributed by atoms with E-state index in [4.69, 9.17) is 9.47 Å². The van der Waals surface area contributed by atoms with Gasteiger partial charge in [-0.05, 0) is 25.5 Å². The van der Waals surface area contributed by atoms with Crippen LogP contribution in [0.1, 0.15) is 11.1 Å². The van der Waals surface area contributed by atoms with Crippen molar-refractivity contribution in [2.24, 2.45) is 0 Å². The highest BCUT2D eigenvalue weighted by Gasteiger charge is 2.04. The van der Waals surface area contributed by atoms with Crippen molar-refractivity contribution < 1.29 is 14.3 Å². The van der Waals surface area contributed by atoms with Crippen LogP contribution in [0.15, 0.2) is 18.2 Å². The zero-order valence-corrected chi connectivity index (χ0v) is 9.37. The van der Waals surface area contributed by atoms with Gasteiger partial charge in [-0.25, -0.2) is 0 Å². The van der Waals surface area contributed by atoms with E-state index >= 15 is 0 Å². The second-order valence-corrected chi connectivity index (χ2v) is 3.53. The Morgan fingerprint density at radius 1 is 1.27 bits per heavy atom. The molecule has 0 aromatic heterocycles. The topological polar surface area (TPSA) is 35.5 Å². The summed E-state index contributed by atoms with van der Waals surface area (Å²) in [5.41, 5.74) is 2.23.